The molecular weight excluding hydrogens is 188 g/mol. The van der Waals surface area contributed by atoms with E-state index in [1.165, 1.54) is 19.3 Å². The van der Waals surface area contributed by atoms with Crippen molar-refractivity contribution in [1.82, 2.24) is 5.32 Å². The van der Waals surface area contributed by atoms with Gasteiger partial charge in [-0.05, 0) is 25.7 Å². The third kappa shape index (κ3) is 4.96. The van der Waals surface area contributed by atoms with Crippen LogP contribution in [0.4, 0.5) is 0 Å². The minimum atomic E-state index is 0.315. The quantitative estimate of drug-likeness (QED) is 0.675. The summed E-state index contributed by atoms with van der Waals surface area (Å²) in [5.74, 6) is 0.684. The number of hydrogen-bond acceptors (Lipinski definition) is 3. The first-order valence-corrected chi connectivity index (χ1v) is 6.30. The van der Waals surface area contributed by atoms with Gasteiger partial charge in [-0.2, -0.15) is 0 Å². The average Bonchev–Trinajstić information content (AvgIpc) is 2.76. The summed E-state index contributed by atoms with van der Waals surface area (Å²) >= 11 is 0. The van der Waals surface area contributed by atoms with E-state index in [4.69, 9.17) is 10.5 Å². The van der Waals surface area contributed by atoms with Crippen molar-refractivity contribution in [3.63, 3.8) is 0 Å². The van der Waals surface area contributed by atoms with E-state index in [2.05, 4.69) is 19.2 Å². The van der Waals surface area contributed by atoms with Gasteiger partial charge >= 0.3 is 0 Å². The lowest BCUT2D eigenvalue weighted by atomic mass is 10.0. The molecule has 1 aliphatic rings. The van der Waals surface area contributed by atoms with Crippen LogP contribution in [0.2, 0.25) is 0 Å². The zero-order valence-corrected chi connectivity index (χ0v) is 10.2. The lowest BCUT2D eigenvalue weighted by molar-refractivity contribution is 0.178. The first-order valence-electron chi connectivity index (χ1n) is 6.30. The topological polar surface area (TPSA) is 47.3 Å². The van der Waals surface area contributed by atoms with E-state index < -0.39 is 0 Å². The number of nitrogens with one attached hydrogen (secondary N) is 1. The number of nitrogens with two attached hydrogens (primary N) is 1. The Morgan fingerprint density at radius 2 is 2.33 bits per heavy atom. The highest BCUT2D eigenvalue weighted by Gasteiger charge is 2.21. The van der Waals surface area contributed by atoms with Crippen LogP contribution >= 0.6 is 0 Å². The van der Waals surface area contributed by atoms with Crippen molar-refractivity contribution in [2.24, 2.45) is 11.7 Å². The fourth-order valence-corrected chi connectivity index (χ4v) is 2.02. The van der Waals surface area contributed by atoms with E-state index in [0.29, 0.717) is 18.0 Å². The molecule has 3 unspecified atom stereocenters. The fraction of sp³-hybridized carbons (Fsp3) is 1.00. The molecule has 0 spiro atoms. The van der Waals surface area contributed by atoms with Crippen molar-refractivity contribution in [3.05, 3.63) is 0 Å². The van der Waals surface area contributed by atoms with Crippen molar-refractivity contribution in [2.45, 2.75) is 51.6 Å². The molecule has 3 nitrogen and oxygen atoms in total. The van der Waals surface area contributed by atoms with Gasteiger partial charge in [0.05, 0.1) is 6.61 Å². The van der Waals surface area contributed by atoms with Gasteiger partial charge in [0.1, 0.15) is 0 Å². The summed E-state index contributed by atoms with van der Waals surface area (Å²) in [7, 11) is 0. The number of rotatable bonds is 7. The molecule has 3 N–H and O–H groups in total. The van der Waals surface area contributed by atoms with Crippen molar-refractivity contribution in [3.8, 4) is 0 Å². The Balaban J connectivity index is 2.07. The van der Waals surface area contributed by atoms with Gasteiger partial charge in [-0.25, -0.2) is 0 Å². The maximum absolute atomic E-state index is 6.01. The van der Waals surface area contributed by atoms with Crippen LogP contribution in [0, 0.1) is 5.92 Å². The lowest BCUT2D eigenvalue weighted by Gasteiger charge is -2.21. The summed E-state index contributed by atoms with van der Waals surface area (Å²) in [5.41, 5.74) is 6.01. The third-order valence-corrected chi connectivity index (χ3v) is 3.30. The Hall–Kier alpha value is -0.120. The fourth-order valence-electron chi connectivity index (χ4n) is 2.02. The molecule has 90 valence electrons. The molecule has 1 aliphatic heterocycles. The molecule has 0 saturated carbocycles. The predicted molar refractivity (Wildman–Crippen MR) is 63.9 cm³/mol. The first kappa shape index (κ1) is 12.9. The van der Waals surface area contributed by atoms with Crippen LogP contribution in [-0.4, -0.2) is 31.8 Å². The summed E-state index contributed by atoms with van der Waals surface area (Å²) in [6.07, 6.45) is 4.80. The molecule has 3 atom stereocenters. The van der Waals surface area contributed by atoms with Gasteiger partial charge in [-0.15, -0.1) is 0 Å². The molecule has 1 heterocycles. The Labute approximate surface area is 93.8 Å². The van der Waals surface area contributed by atoms with E-state index in [-0.39, 0.29) is 0 Å². The smallest absolute Gasteiger partial charge is 0.0509 e. The van der Waals surface area contributed by atoms with E-state index >= 15 is 0 Å². The van der Waals surface area contributed by atoms with Crippen LogP contribution in [0.25, 0.3) is 0 Å². The maximum Gasteiger partial charge on any atom is 0.0509 e. The third-order valence-electron chi connectivity index (χ3n) is 3.30. The highest BCUT2D eigenvalue weighted by molar-refractivity contribution is 4.77. The zero-order chi connectivity index (χ0) is 11.1. The highest BCUT2D eigenvalue weighted by atomic mass is 16.5. The SMILES string of the molecule is CCCCC(N)CNC(C)C1CCOC1. The minimum Gasteiger partial charge on any atom is -0.381 e. The monoisotopic (exact) mass is 214 g/mol. The zero-order valence-electron chi connectivity index (χ0n) is 10.2. The van der Waals surface area contributed by atoms with Crippen molar-refractivity contribution in [2.75, 3.05) is 19.8 Å². The van der Waals surface area contributed by atoms with Crippen LogP contribution in [0.5, 0.6) is 0 Å². The van der Waals surface area contributed by atoms with E-state index in [0.717, 1.165) is 26.2 Å². The van der Waals surface area contributed by atoms with Crippen molar-refractivity contribution >= 4 is 0 Å². The highest BCUT2D eigenvalue weighted by Crippen LogP contribution is 2.16. The number of unbranched alkanes of at least 4 members (excludes halogenated alkanes) is 1. The normalized spacial score (nSPS) is 25.4. The van der Waals surface area contributed by atoms with Gasteiger partial charge in [0, 0.05) is 25.2 Å². The lowest BCUT2D eigenvalue weighted by Crippen LogP contribution is -2.41. The molecule has 15 heavy (non-hydrogen) atoms. The molecule has 0 aromatic carbocycles. The van der Waals surface area contributed by atoms with Crippen LogP contribution in [-0.2, 0) is 4.74 Å². The summed E-state index contributed by atoms with van der Waals surface area (Å²) in [6.45, 7) is 7.24. The van der Waals surface area contributed by atoms with Gasteiger partial charge in [-0.3, -0.25) is 0 Å². The number of ether oxygens (including phenoxy) is 1. The second-order valence-corrected chi connectivity index (χ2v) is 4.72. The summed E-state index contributed by atoms with van der Waals surface area (Å²) in [4.78, 5) is 0. The molecular formula is C12H26N2O. The van der Waals surface area contributed by atoms with E-state index in [1.54, 1.807) is 0 Å². The van der Waals surface area contributed by atoms with E-state index in [9.17, 15) is 0 Å². The van der Waals surface area contributed by atoms with Gasteiger partial charge in [0.25, 0.3) is 0 Å². The minimum absolute atomic E-state index is 0.315. The standard InChI is InChI=1S/C12H26N2O/c1-3-4-5-12(13)8-14-10(2)11-6-7-15-9-11/h10-12,14H,3-9,13H2,1-2H3. The van der Waals surface area contributed by atoms with Crippen molar-refractivity contribution in [1.29, 1.82) is 0 Å². The Kier molecular flexibility index (Phi) is 6.22. The Morgan fingerprint density at radius 1 is 1.53 bits per heavy atom. The van der Waals surface area contributed by atoms with Crippen LogP contribution in [0.1, 0.15) is 39.5 Å². The van der Waals surface area contributed by atoms with Gasteiger partial charge in [0.15, 0.2) is 0 Å². The summed E-state index contributed by atoms with van der Waals surface area (Å²) in [6, 6.07) is 0.856. The van der Waals surface area contributed by atoms with Gasteiger partial charge in [-0.1, -0.05) is 19.8 Å². The second kappa shape index (κ2) is 7.20. The van der Waals surface area contributed by atoms with Gasteiger partial charge in [0.2, 0.25) is 0 Å². The molecule has 1 saturated heterocycles. The summed E-state index contributed by atoms with van der Waals surface area (Å²) in [5, 5.41) is 3.53. The van der Waals surface area contributed by atoms with Gasteiger partial charge < -0.3 is 15.8 Å². The second-order valence-electron chi connectivity index (χ2n) is 4.72. The largest absolute Gasteiger partial charge is 0.381 e. The van der Waals surface area contributed by atoms with E-state index in [1.807, 2.05) is 0 Å². The number of hydrogen-bond donors (Lipinski definition) is 2. The molecule has 0 bridgehead atoms. The molecule has 1 rings (SSSR count). The molecule has 0 radical (unpaired) electrons. The first-order chi connectivity index (χ1) is 7.24. The van der Waals surface area contributed by atoms with Crippen LogP contribution < -0.4 is 11.1 Å². The Bertz CT molecular complexity index is 158. The average molecular weight is 214 g/mol. The maximum atomic E-state index is 6.01. The van der Waals surface area contributed by atoms with Crippen LogP contribution in [0.3, 0.4) is 0 Å². The molecule has 0 amide bonds. The molecule has 0 aromatic rings. The van der Waals surface area contributed by atoms with Crippen molar-refractivity contribution < 1.29 is 4.74 Å². The predicted octanol–water partition coefficient (Wildman–Crippen LogP) is 1.52. The summed E-state index contributed by atoms with van der Waals surface area (Å²) < 4.78 is 5.38. The van der Waals surface area contributed by atoms with Crippen LogP contribution in [0.15, 0.2) is 0 Å². The molecule has 1 fully saturated rings. The molecule has 0 aliphatic carbocycles. The Morgan fingerprint density at radius 3 is 2.93 bits per heavy atom. The molecule has 3 heteroatoms. The molecule has 0 aromatic heterocycles.